The second kappa shape index (κ2) is 6.49. The minimum atomic E-state index is -0.667. The van der Waals surface area contributed by atoms with Gasteiger partial charge in [-0.15, -0.1) is 0 Å². The van der Waals surface area contributed by atoms with Crippen molar-refractivity contribution in [2.75, 3.05) is 5.32 Å². The Kier molecular flexibility index (Phi) is 4.02. The quantitative estimate of drug-likeness (QED) is 0.604. The van der Waals surface area contributed by atoms with Gasteiger partial charge in [0.05, 0.1) is 15.9 Å². The van der Waals surface area contributed by atoms with Gasteiger partial charge in [0.15, 0.2) is 10.8 Å². The molecule has 128 valence electrons. The molecule has 26 heavy (non-hydrogen) atoms. The van der Waals surface area contributed by atoms with Gasteiger partial charge in [-0.05, 0) is 30.3 Å². The smallest absolute Gasteiger partial charge is 0.281 e. The third-order valence-corrected chi connectivity index (χ3v) is 4.55. The van der Waals surface area contributed by atoms with Crippen molar-refractivity contribution < 1.29 is 9.18 Å². The standard InChI is InChI=1S/C18H11FN4O2S/c19-11-6-7-13-15(10-11)26-18(20-13)21-17(25)16-14(24)8-9-23(22-16)12-4-2-1-3-5-12/h1-10H,(H,20,21,25). The lowest BCUT2D eigenvalue weighted by atomic mass is 10.3. The van der Waals surface area contributed by atoms with E-state index >= 15 is 0 Å². The molecule has 0 fully saturated rings. The van der Waals surface area contributed by atoms with Gasteiger partial charge in [0, 0.05) is 12.3 Å². The summed E-state index contributed by atoms with van der Waals surface area (Å²) < 4.78 is 15.3. The highest BCUT2D eigenvalue weighted by atomic mass is 32.1. The van der Waals surface area contributed by atoms with Crippen molar-refractivity contribution in [2.45, 2.75) is 0 Å². The lowest BCUT2D eigenvalue weighted by Crippen LogP contribution is -2.25. The van der Waals surface area contributed by atoms with Crippen molar-refractivity contribution in [2.24, 2.45) is 0 Å². The summed E-state index contributed by atoms with van der Waals surface area (Å²) in [5, 5.41) is 6.94. The molecular formula is C18H11FN4O2S. The number of carbonyl (C=O) groups is 1. The number of nitrogens with one attached hydrogen (secondary N) is 1. The van der Waals surface area contributed by atoms with Crippen molar-refractivity contribution in [1.82, 2.24) is 14.8 Å². The molecule has 2 aromatic heterocycles. The van der Waals surface area contributed by atoms with E-state index in [0.29, 0.717) is 10.2 Å². The molecule has 6 nitrogen and oxygen atoms in total. The first-order chi connectivity index (χ1) is 12.6. The Morgan fingerprint density at radius 3 is 2.73 bits per heavy atom. The lowest BCUT2D eigenvalue weighted by molar-refractivity contribution is 0.101. The Morgan fingerprint density at radius 1 is 1.12 bits per heavy atom. The van der Waals surface area contributed by atoms with Gasteiger partial charge in [-0.25, -0.2) is 14.1 Å². The number of halogens is 1. The van der Waals surface area contributed by atoms with Gasteiger partial charge in [-0.3, -0.25) is 14.9 Å². The van der Waals surface area contributed by atoms with Crippen molar-refractivity contribution in [3.8, 4) is 5.69 Å². The molecule has 0 radical (unpaired) electrons. The first-order valence-electron chi connectivity index (χ1n) is 7.63. The number of benzene rings is 2. The highest BCUT2D eigenvalue weighted by Crippen LogP contribution is 2.26. The molecule has 0 aliphatic rings. The first-order valence-corrected chi connectivity index (χ1v) is 8.45. The van der Waals surface area contributed by atoms with Crippen LogP contribution >= 0.6 is 11.3 Å². The third kappa shape index (κ3) is 3.09. The topological polar surface area (TPSA) is 76.9 Å². The molecule has 0 spiro atoms. The van der Waals surface area contributed by atoms with Crippen LogP contribution in [0.4, 0.5) is 9.52 Å². The zero-order valence-electron chi connectivity index (χ0n) is 13.2. The number of amides is 1. The van der Waals surface area contributed by atoms with Gasteiger partial charge in [-0.2, -0.15) is 5.10 Å². The number of hydrogen-bond acceptors (Lipinski definition) is 5. The molecule has 0 unspecified atom stereocenters. The maximum atomic E-state index is 13.3. The molecule has 0 bridgehead atoms. The molecule has 2 heterocycles. The molecule has 4 aromatic rings. The molecule has 0 atom stereocenters. The number of para-hydroxylation sites is 1. The average molecular weight is 366 g/mol. The van der Waals surface area contributed by atoms with E-state index in [9.17, 15) is 14.0 Å². The largest absolute Gasteiger partial charge is 0.296 e. The van der Waals surface area contributed by atoms with Crippen LogP contribution in [0.2, 0.25) is 0 Å². The maximum absolute atomic E-state index is 13.3. The minimum absolute atomic E-state index is 0.248. The van der Waals surface area contributed by atoms with Crippen LogP contribution in [0.1, 0.15) is 10.5 Å². The molecule has 2 aromatic carbocycles. The van der Waals surface area contributed by atoms with Gasteiger partial charge in [0.2, 0.25) is 5.43 Å². The fraction of sp³-hybridized carbons (Fsp3) is 0. The zero-order valence-corrected chi connectivity index (χ0v) is 14.0. The van der Waals surface area contributed by atoms with E-state index in [-0.39, 0.29) is 16.6 Å². The Bertz CT molecular complexity index is 1170. The van der Waals surface area contributed by atoms with E-state index < -0.39 is 11.3 Å². The van der Waals surface area contributed by atoms with Crippen molar-refractivity contribution in [3.05, 3.63) is 82.5 Å². The van der Waals surface area contributed by atoms with Crippen LogP contribution in [0.15, 0.2) is 65.6 Å². The van der Waals surface area contributed by atoms with E-state index in [4.69, 9.17) is 0 Å². The number of aromatic nitrogens is 3. The summed E-state index contributed by atoms with van der Waals surface area (Å²) in [5.41, 5.74) is 0.537. The number of rotatable bonds is 3. The molecule has 1 N–H and O–H groups in total. The predicted molar refractivity (Wildman–Crippen MR) is 97.4 cm³/mol. The summed E-state index contributed by atoms with van der Waals surface area (Å²) in [5.74, 6) is -1.05. The molecule has 1 amide bonds. The van der Waals surface area contributed by atoms with Crippen molar-refractivity contribution in [1.29, 1.82) is 0 Å². The monoisotopic (exact) mass is 366 g/mol. The summed E-state index contributed by atoms with van der Waals surface area (Å²) in [7, 11) is 0. The van der Waals surface area contributed by atoms with Crippen LogP contribution in [0.25, 0.3) is 15.9 Å². The minimum Gasteiger partial charge on any atom is -0.296 e. The molecule has 0 aliphatic carbocycles. The Hall–Kier alpha value is -3.39. The fourth-order valence-electron chi connectivity index (χ4n) is 2.40. The molecule has 8 heteroatoms. The summed E-state index contributed by atoms with van der Waals surface area (Å²) in [6.07, 6.45) is 1.49. The third-order valence-electron chi connectivity index (χ3n) is 3.61. The van der Waals surface area contributed by atoms with Crippen LogP contribution in [-0.2, 0) is 0 Å². The maximum Gasteiger partial charge on any atom is 0.281 e. The number of nitrogens with zero attached hydrogens (tertiary/aromatic N) is 3. The second-order valence-corrected chi connectivity index (χ2v) is 6.42. The van der Waals surface area contributed by atoms with Gasteiger partial charge in [0.25, 0.3) is 5.91 Å². The Balaban J connectivity index is 1.66. The second-order valence-electron chi connectivity index (χ2n) is 5.39. The highest BCUT2D eigenvalue weighted by Gasteiger charge is 2.16. The summed E-state index contributed by atoms with van der Waals surface area (Å²) in [4.78, 5) is 28.7. The van der Waals surface area contributed by atoms with E-state index in [0.717, 1.165) is 17.0 Å². The number of fused-ring (bicyclic) bond motifs is 1. The van der Waals surface area contributed by atoms with Crippen LogP contribution < -0.4 is 10.7 Å². The van der Waals surface area contributed by atoms with Crippen LogP contribution in [0.3, 0.4) is 0 Å². The van der Waals surface area contributed by atoms with E-state index in [2.05, 4.69) is 15.4 Å². The summed E-state index contributed by atoms with van der Waals surface area (Å²) >= 11 is 1.12. The van der Waals surface area contributed by atoms with Crippen molar-refractivity contribution in [3.63, 3.8) is 0 Å². The van der Waals surface area contributed by atoms with E-state index in [1.54, 1.807) is 12.1 Å². The molecule has 4 rings (SSSR count). The number of hydrogen-bond donors (Lipinski definition) is 1. The van der Waals surface area contributed by atoms with Gasteiger partial charge < -0.3 is 0 Å². The lowest BCUT2D eigenvalue weighted by Gasteiger charge is -2.06. The van der Waals surface area contributed by atoms with E-state index in [1.165, 1.54) is 35.1 Å². The normalized spacial score (nSPS) is 10.8. The number of thiazole rings is 1. The predicted octanol–water partition coefficient (Wildman–Crippen LogP) is 3.23. The van der Waals surface area contributed by atoms with Crippen LogP contribution in [0, 0.1) is 5.82 Å². The molecule has 0 saturated carbocycles. The summed E-state index contributed by atoms with van der Waals surface area (Å²) in [6, 6.07) is 14.6. The van der Waals surface area contributed by atoms with Crippen molar-refractivity contribution >= 4 is 32.6 Å². The zero-order chi connectivity index (χ0) is 18.1. The number of anilines is 1. The summed E-state index contributed by atoms with van der Waals surface area (Å²) in [6.45, 7) is 0. The van der Waals surface area contributed by atoms with E-state index in [1.807, 2.05) is 18.2 Å². The highest BCUT2D eigenvalue weighted by molar-refractivity contribution is 7.22. The van der Waals surface area contributed by atoms with Gasteiger partial charge >= 0.3 is 0 Å². The molecular weight excluding hydrogens is 355 g/mol. The number of carbonyl (C=O) groups excluding carboxylic acids is 1. The van der Waals surface area contributed by atoms with Gasteiger partial charge in [-0.1, -0.05) is 29.5 Å². The van der Waals surface area contributed by atoms with Gasteiger partial charge in [0.1, 0.15) is 5.82 Å². The van der Waals surface area contributed by atoms with Crippen LogP contribution in [-0.4, -0.2) is 20.7 Å². The Morgan fingerprint density at radius 2 is 1.92 bits per heavy atom. The SMILES string of the molecule is O=C(Nc1nc2ccc(F)cc2s1)c1nn(-c2ccccc2)ccc1=O. The molecule has 0 aliphatic heterocycles. The fourth-order valence-corrected chi connectivity index (χ4v) is 3.28. The first kappa shape index (κ1) is 16.1. The average Bonchev–Trinajstić information content (AvgIpc) is 3.04. The van der Waals surface area contributed by atoms with Crippen LogP contribution in [0.5, 0.6) is 0 Å². The molecule has 0 saturated heterocycles. The Labute approximate surface area is 150 Å².